The zero-order valence-corrected chi connectivity index (χ0v) is 18.2. The molecule has 1 saturated heterocycles. The smallest absolute Gasteiger partial charge is 0.198 e. The van der Waals surface area contributed by atoms with E-state index < -0.39 is 57.6 Å². The third kappa shape index (κ3) is 3.92. The summed E-state index contributed by atoms with van der Waals surface area (Å²) in [6.07, 6.45) is 1.50. The number of aliphatic hydroxyl groups excluding tert-OH is 1. The number of β-amino-alcohol motifs (C(OH)–C–C–N with tert-alkyl or cyclic N) is 1. The molecule has 2 heterocycles. The van der Waals surface area contributed by atoms with Crippen LogP contribution in [-0.2, 0) is 0 Å². The van der Waals surface area contributed by atoms with E-state index in [4.69, 9.17) is 4.42 Å². The van der Waals surface area contributed by atoms with Crippen molar-refractivity contribution in [3.63, 3.8) is 0 Å². The van der Waals surface area contributed by atoms with Crippen LogP contribution in [0.1, 0.15) is 34.8 Å². The van der Waals surface area contributed by atoms with Crippen molar-refractivity contribution >= 4 is 23.1 Å². The zero-order chi connectivity index (χ0) is 24.9. The van der Waals surface area contributed by atoms with E-state index in [1.165, 1.54) is 0 Å². The number of aliphatic hydroxyl groups is 1. The van der Waals surface area contributed by atoms with Gasteiger partial charge in [0.05, 0.1) is 6.10 Å². The monoisotopic (exact) mass is 479 g/mol. The Morgan fingerprint density at radius 1 is 1.03 bits per heavy atom. The lowest BCUT2D eigenvalue weighted by molar-refractivity contribution is 0.0630. The second-order valence-electron chi connectivity index (χ2n) is 8.40. The van der Waals surface area contributed by atoms with Gasteiger partial charge in [-0.2, -0.15) is 0 Å². The summed E-state index contributed by atoms with van der Waals surface area (Å²) >= 11 is 0. The minimum absolute atomic E-state index is 0.127. The minimum Gasteiger partial charge on any atom is -0.507 e. The lowest BCUT2D eigenvalue weighted by atomic mass is 9.85. The van der Waals surface area contributed by atoms with Gasteiger partial charge in [-0.3, -0.25) is 4.79 Å². The summed E-state index contributed by atoms with van der Waals surface area (Å²) < 4.78 is 60.9. The van der Waals surface area contributed by atoms with Gasteiger partial charge in [-0.15, -0.1) is 0 Å². The number of piperidine rings is 1. The lowest BCUT2D eigenvalue weighted by Crippen LogP contribution is -2.40. The number of likely N-dealkylation sites (N-methyl/N-ethyl adjacent to an activating group) is 1. The van der Waals surface area contributed by atoms with Gasteiger partial charge in [0.2, 0.25) is 0 Å². The van der Waals surface area contributed by atoms with Gasteiger partial charge in [0.1, 0.15) is 28.2 Å². The van der Waals surface area contributed by atoms with Crippen molar-refractivity contribution < 1.29 is 37.3 Å². The summed E-state index contributed by atoms with van der Waals surface area (Å²) in [5, 5.41) is 31.1. The van der Waals surface area contributed by atoms with E-state index in [0.29, 0.717) is 19.5 Å². The Morgan fingerprint density at radius 2 is 1.71 bits per heavy atom. The molecule has 3 aromatic rings. The molecular formula is C24H21F4NO5. The summed E-state index contributed by atoms with van der Waals surface area (Å²) in [4.78, 5) is 14.6. The maximum Gasteiger partial charge on any atom is 0.198 e. The zero-order valence-electron chi connectivity index (χ0n) is 18.2. The Bertz CT molecular complexity index is 1360. The highest BCUT2D eigenvalue weighted by Crippen LogP contribution is 2.42. The molecule has 0 aliphatic carbocycles. The molecule has 0 bridgehead atoms. The highest BCUT2D eigenvalue weighted by Gasteiger charge is 2.33. The molecule has 10 heteroatoms. The number of fused-ring (bicyclic) bond motifs is 1. The van der Waals surface area contributed by atoms with E-state index in [2.05, 4.69) is 0 Å². The number of aromatic hydroxyl groups is 2. The molecule has 0 spiro atoms. The molecule has 6 nitrogen and oxygen atoms in total. The van der Waals surface area contributed by atoms with Gasteiger partial charge in [-0.1, -0.05) is 0 Å². The largest absolute Gasteiger partial charge is 0.507 e. The van der Waals surface area contributed by atoms with Crippen molar-refractivity contribution in [2.75, 3.05) is 20.1 Å². The van der Waals surface area contributed by atoms with E-state index in [-0.39, 0.29) is 28.0 Å². The Hall–Kier alpha value is -3.37. The Kier molecular flexibility index (Phi) is 6.13. The predicted molar refractivity (Wildman–Crippen MR) is 117 cm³/mol. The number of likely N-dealkylation sites (tertiary alicyclic amines) is 1. The van der Waals surface area contributed by atoms with Crippen LogP contribution in [-0.4, -0.2) is 46.5 Å². The summed E-state index contributed by atoms with van der Waals surface area (Å²) in [7, 11) is 1.82. The van der Waals surface area contributed by atoms with Crippen LogP contribution in [0.2, 0.25) is 0 Å². The topological polar surface area (TPSA) is 94.1 Å². The molecule has 2 atom stereocenters. The second-order valence-corrected chi connectivity index (χ2v) is 8.40. The minimum atomic E-state index is -1.98. The van der Waals surface area contributed by atoms with Crippen molar-refractivity contribution in [3.05, 3.63) is 68.1 Å². The average Bonchev–Trinajstić information content (AvgIpc) is 2.77. The fourth-order valence-electron chi connectivity index (χ4n) is 4.33. The second kappa shape index (κ2) is 8.77. The number of hydrogen-bond donors (Lipinski definition) is 3. The lowest BCUT2D eigenvalue weighted by Gasteiger charge is -2.34. The Balaban J connectivity index is 1.88. The summed E-state index contributed by atoms with van der Waals surface area (Å²) in [5.41, 5.74) is -1.81. The van der Waals surface area contributed by atoms with Crippen molar-refractivity contribution in [2.24, 2.45) is 0 Å². The molecule has 0 amide bonds. The molecule has 1 aromatic heterocycles. The molecule has 2 unspecified atom stereocenters. The number of hydrogen-bond acceptors (Lipinski definition) is 6. The maximum atomic E-state index is 14.2. The van der Waals surface area contributed by atoms with E-state index in [1.54, 1.807) is 0 Å². The quantitative estimate of drug-likeness (QED) is 0.299. The van der Waals surface area contributed by atoms with Crippen LogP contribution in [0.5, 0.6) is 11.5 Å². The number of rotatable bonds is 3. The molecule has 0 saturated carbocycles. The number of nitrogens with zero attached hydrogens (tertiary/aromatic N) is 1. The van der Waals surface area contributed by atoms with Crippen molar-refractivity contribution in [3.8, 4) is 11.5 Å². The van der Waals surface area contributed by atoms with Crippen LogP contribution in [0.15, 0.2) is 21.3 Å². The molecule has 180 valence electrons. The Labute approximate surface area is 191 Å². The first-order valence-corrected chi connectivity index (χ1v) is 10.4. The van der Waals surface area contributed by atoms with Gasteiger partial charge < -0.3 is 24.6 Å². The van der Waals surface area contributed by atoms with Crippen LogP contribution < -0.4 is 5.43 Å². The molecule has 34 heavy (non-hydrogen) atoms. The average molecular weight is 479 g/mol. The molecule has 1 aliphatic rings. The number of benzene rings is 2. The van der Waals surface area contributed by atoms with E-state index in [0.717, 1.165) is 31.2 Å². The highest BCUT2D eigenvalue weighted by atomic mass is 19.2. The summed E-state index contributed by atoms with van der Waals surface area (Å²) in [6, 6.07) is 1.96. The van der Waals surface area contributed by atoms with Crippen LogP contribution in [0.3, 0.4) is 0 Å². The third-order valence-corrected chi connectivity index (χ3v) is 6.13. The molecule has 4 rings (SSSR count). The molecule has 1 aliphatic heterocycles. The van der Waals surface area contributed by atoms with Crippen LogP contribution in [0.25, 0.3) is 23.1 Å². The van der Waals surface area contributed by atoms with E-state index in [1.807, 2.05) is 11.9 Å². The van der Waals surface area contributed by atoms with E-state index in [9.17, 15) is 37.7 Å². The first kappa shape index (κ1) is 23.8. The molecule has 3 N–H and O–H groups in total. The fourth-order valence-corrected chi connectivity index (χ4v) is 4.33. The number of phenols is 2. The van der Waals surface area contributed by atoms with Crippen LogP contribution >= 0.6 is 0 Å². The highest BCUT2D eigenvalue weighted by molar-refractivity contribution is 5.89. The summed E-state index contributed by atoms with van der Waals surface area (Å²) in [5.74, 6) is -8.78. The Morgan fingerprint density at radius 3 is 2.38 bits per heavy atom. The van der Waals surface area contributed by atoms with E-state index >= 15 is 0 Å². The van der Waals surface area contributed by atoms with Gasteiger partial charge >= 0.3 is 0 Å². The SMILES string of the molecule is Cc1c(F)c(F)c(F)c(F)c1/C=C/c1cc(=O)c2c(O)cc(O)c(C3CCN(C)CC3O)c2o1. The fraction of sp³-hybridized carbons (Fsp3) is 0.292. The van der Waals surface area contributed by atoms with Crippen LogP contribution in [0, 0.1) is 30.2 Å². The van der Waals surface area contributed by atoms with Crippen molar-refractivity contribution in [1.82, 2.24) is 4.90 Å². The maximum absolute atomic E-state index is 14.2. The number of halogens is 4. The van der Waals surface area contributed by atoms with Gasteiger partial charge in [0.15, 0.2) is 28.7 Å². The predicted octanol–water partition coefficient (Wildman–Crippen LogP) is 4.02. The van der Waals surface area contributed by atoms with Crippen molar-refractivity contribution in [1.29, 1.82) is 0 Å². The van der Waals surface area contributed by atoms with Crippen LogP contribution in [0.4, 0.5) is 17.6 Å². The van der Waals surface area contributed by atoms with Gasteiger partial charge in [0, 0.05) is 35.7 Å². The molecule has 2 aromatic carbocycles. The first-order chi connectivity index (χ1) is 16.0. The number of phenolic OH excluding ortho intramolecular Hbond substituents is 2. The first-order valence-electron chi connectivity index (χ1n) is 10.4. The summed E-state index contributed by atoms with van der Waals surface area (Å²) in [6.45, 7) is 1.96. The molecule has 1 fully saturated rings. The van der Waals surface area contributed by atoms with Gasteiger partial charge in [0.25, 0.3) is 0 Å². The molecular weight excluding hydrogens is 458 g/mol. The molecule has 0 radical (unpaired) electrons. The standard InChI is InChI=1S/C24H21F4NO5/c1-10-12(21(26)23(28)22(27)20(10)25)4-3-11-7-14(30)19-16(32)8-15(31)18(24(19)34-11)13-5-6-29(2)9-17(13)33/h3-4,7-8,13,17,31-33H,5-6,9H2,1-2H3/b4-3+. The van der Waals surface area contributed by atoms with Gasteiger partial charge in [-0.25, -0.2) is 17.6 Å². The third-order valence-electron chi connectivity index (χ3n) is 6.13. The van der Waals surface area contributed by atoms with Gasteiger partial charge in [-0.05, 0) is 44.7 Å². The van der Waals surface area contributed by atoms with Crippen molar-refractivity contribution in [2.45, 2.75) is 25.4 Å². The normalized spacial score (nSPS) is 19.4.